The third kappa shape index (κ3) is 5.94. The van der Waals surface area contributed by atoms with Gasteiger partial charge in [0.05, 0.1) is 6.04 Å². The van der Waals surface area contributed by atoms with E-state index in [0.717, 1.165) is 29.5 Å². The summed E-state index contributed by atoms with van der Waals surface area (Å²) in [4.78, 5) is 28.2. The lowest BCUT2D eigenvalue weighted by Crippen LogP contribution is -2.34. The maximum atomic E-state index is 12.0. The number of benzene rings is 1. The van der Waals surface area contributed by atoms with Crippen LogP contribution in [0, 0.1) is 5.92 Å². The minimum Gasteiger partial charge on any atom is -0.444 e. The van der Waals surface area contributed by atoms with Crippen LogP contribution in [0.2, 0.25) is 5.02 Å². The molecule has 1 aliphatic rings. The van der Waals surface area contributed by atoms with Gasteiger partial charge in [-0.25, -0.2) is 9.78 Å². The van der Waals surface area contributed by atoms with Gasteiger partial charge in [-0.3, -0.25) is 4.79 Å². The Balaban J connectivity index is 1.72. The van der Waals surface area contributed by atoms with Gasteiger partial charge >= 0.3 is 6.09 Å². The van der Waals surface area contributed by atoms with Crippen molar-refractivity contribution >= 4 is 29.4 Å². The van der Waals surface area contributed by atoms with Crippen LogP contribution >= 0.6 is 11.6 Å². The molecule has 29 heavy (non-hydrogen) atoms. The number of carbonyl (C=O) groups is 2. The quantitative estimate of drug-likeness (QED) is 0.691. The first kappa shape index (κ1) is 21.1. The topological polar surface area (TPSA) is 80.3 Å². The Hall–Kier alpha value is -2.60. The van der Waals surface area contributed by atoms with Crippen molar-refractivity contribution in [3.63, 3.8) is 0 Å². The Morgan fingerprint density at radius 2 is 1.86 bits per heavy atom. The molecule has 2 aromatic rings. The van der Waals surface area contributed by atoms with Crippen LogP contribution in [0.25, 0.3) is 11.1 Å². The van der Waals surface area contributed by atoms with E-state index >= 15 is 0 Å². The van der Waals surface area contributed by atoms with Crippen molar-refractivity contribution < 1.29 is 14.3 Å². The van der Waals surface area contributed by atoms with Crippen LogP contribution in [0.1, 0.15) is 52.1 Å². The highest BCUT2D eigenvalue weighted by molar-refractivity contribution is 6.31. The predicted octanol–water partition coefficient (Wildman–Crippen LogP) is 5.34. The van der Waals surface area contributed by atoms with Crippen molar-refractivity contribution in [2.75, 3.05) is 5.32 Å². The second-order valence-electron chi connectivity index (χ2n) is 8.30. The molecule has 1 atom stereocenters. The standard InChI is InChI=1S/C22H26ClN3O3/c1-13(25-21(28)29-22(2,3)4)17-8-7-15(11-18(17)23)16-9-10-24-19(12-16)26-20(27)14-5-6-14/h7-14H,5-6H2,1-4H3,(H,25,28)(H,24,26,27). The van der Waals surface area contributed by atoms with Crippen molar-refractivity contribution in [3.05, 3.63) is 47.1 Å². The minimum absolute atomic E-state index is 0.0186. The summed E-state index contributed by atoms with van der Waals surface area (Å²) in [5.41, 5.74) is 2.02. The predicted molar refractivity (Wildman–Crippen MR) is 114 cm³/mol. The fraction of sp³-hybridized carbons (Fsp3) is 0.409. The summed E-state index contributed by atoms with van der Waals surface area (Å²) < 4.78 is 5.29. The molecule has 2 N–H and O–H groups in total. The molecular formula is C22H26ClN3O3. The summed E-state index contributed by atoms with van der Waals surface area (Å²) in [6, 6.07) is 9.02. The second-order valence-corrected chi connectivity index (χ2v) is 8.70. The highest BCUT2D eigenvalue weighted by atomic mass is 35.5. The van der Waals surface area contributed by atoms with Gasteiger partial charge in [0, 0.05) is 17.1 Å². The zero-order valence-electron chi connectivity index (χ0n) is 17.1. The number of anilines is 1. The molecule has 1 aromatic carbocycles. The zero-order chi connectivity index (χ0) is 21.2. The fourth-order valence-corrected chi connectivity index (χ4v) is 3.22. The van der Waals surface area contributed by atoms with Crippen LogP contribution in [0.4, 0.5) is 10.6 Å². The molecule has 2 amide bonds. The first-order valence-corrected chi connectivity index (χ1v) is 10.1. The lowest BCUT2D eigenvalue weighted by atomic mass is 10.0. The number of hydrogen-bond donors (Lipinski definition) is 2. The largest absolute Gasteiger partial charge is 0.444 e. The normalized spacial score (nSPS) is 14.8. The van der Waals surface area contributed by atoms with Crippen LogP contribution < -0.4 is 10.6 Å². The Labute approximate surface area is 176 Å². The fourth-order valence-electron chi connectivity index (χ4n) is 2.87. The van der Waals surface area contributed by atoms with Gasteiger partial charge in [0.25, 0.3) is 0 Å². The third-order valence-corrected chi connectivity index (χ3v) is 4.82. The monoisotopic (exact) mass is 415 g/mol. The zero-order valence-corrected chi connectivity index (χ0v) is 17.8. The number of alkyl carbamates (subject to hydrolysis) is 1. The van der Waals surface area contributed by atoms with Gasteiger partial charge < -0.3 is 15.4 Å². The SMILES string of the molecule is CC(NC(=O)OC(C)(C)C)c1ccc(-c2ccnc(NC(=O)C3CC3)c2)cc1Cl. The molecule has 1 fully saturated rings. The van der Waals surface area contributed by atoms with E-state index in [4.69, 9.17) is 16.3 Å². The highest BCUT2D eigenvalue weighted by Gasteiger charge is 2.29. The minimum atomic E-state index is -0.564. The van der Waals surface area contributed by atoms with E-state index in [1.807, 2.05) is 58.0 Å². The summed E-state index contributed by atoms with van der Waals surface area (Å²) in [6.45, 7) is 7.29. The summed E-state index contributed by atoms with van der Waals surface area (Å²) >= 11 is 6.49. The molecule has 0 spiro atoms. The van der Waals surface area contributed by atoms with Gasteiger partial charge in [-0.2, -0.15) is 0 Å². The van der Waals surface area contributed by atoms with Crippen molar-refractivity contribution in [3.8, 4) is 11.1 Å². The molecule has 0 bridgehead atoms. The molecule has 7 heteroatoms. The van der Waals surface area contributed by atoms with E-state index in [-0.39, 0.29) is 17.9 Å². The molecular weight excluding hydrogens is 390 g/mol. The number of carbonyl (C=O) groups excluding carboxylic acids is 2. The molecule has 1 heterocycles. The molecule has 1 saturated carbocycles. The van der Waals surface area contributed by atoms with Crippen LogP contribution in [-0.2, 0) is 9.53 Å². The number of halogens is 1. The van der Waals surface area contributed by atoms with Gasteiger partial charge in [0.15, 0.2) is 0 Å². The molecule has 0 saturated heterocycles. The Morgan fingerprint density at radius 1 is 1.17 bits per heavy atom. The van der Waals surface area contributed by atoms with Gasteiger partial charge in [0.2, 0.25) is 5.91 Å². The van der Waals surface area contributed by atoms with Gasteiger partial charge in [-0.05, 0) is 75.4 Å². The first-order chi connectivity index (χ1) is 13.6. The van der Waals surface area contributed by atoms with Crippen LogP contribution in [0.15, 0.2) is 36.5 Å². The Bertz CT molecular complexity index is 920. The van der Waals surface area contributed by atoms with Crippen LogP contribution in [-0.4, -0.2) is 22.6 Å². The second kappa shape index (κ2) is 8.41. The average Bonchev–Trinajstić information content (AvgIpc) is 3.45. The first-order valence-electron chi connectivity index (χ1n) is 9.68. The van der Waals surface area contributed by atoms with E-state index in [9.17, 15) is 9.59 Å². The van der Waals surface area contributed by atoms with Crippen molar-refractivity contribution in [1.82, 2.24) is 10.3 Å². The number of ether oxygens (including phenoxy) is 1. The van der Waals surface area contributed by atoms with E-state index in [1.165, 1.54) is 0 Å². The summed E-state index contributed by atoms with van der Waals surface area (Å²) in [5, 5.41) is 6.18. The highest BCUT2D eigenvalue weighted by Crippen LogP contribution is 2.32. The van der Waals surface area contributed by atoms with E-state index in [0.29, 0.717) is 10.8 Å². The number of hydrogen-bond acceptors (Lipinski definition) is 4. The van der Waals surface area contributed by atoms with Crippen LogP contribution in [0.5, 0.6) is 0 Å². The molecule has 1 unspecified atom stereocenters. The van der Waals surface area contributed by atoms with E-state index < -0.39 is 11.7 Å². The number of aromatic nitrogens is 1. The Kier molecular flexibility index (Phi) is 6.13. The molecule has 6 nitrogen and oxygen atoms in total. The molecule has 3 rings (SSSR count). The average molecular weight is 416 g/mol. The number of nitrogens with one attached hydrogen (secondary N) is 2. The van der Waals surface area contributed by atoms with Crippen LogP contribution in [0.3, 0.4) is 0 Å². The lowest BCUT2D eigenvalue weighted by molar-refractivity contribution is -0.117. The molecule has 1 aliphatic carbocycles. The lowest BCUT2D eigenvalue weighted by Gasteiger charge is -2.22. The molecule has 1 aromatic heterocycles. The van der Waals surface area contributed by atoms with Gasteiger partial charge in [-0.15, -0.1) is 0 Å². The van der Waals surface area contributed by atoms with E-state index in [1.54, 1.807) is 6.20 Å². The number of pyridine rings is 1. The maximum Gasteiger partial charge on any atom is 0.408 e. The number of amides is 2. The van der Waals surface area contributed by atoms with Crippen molar-refractivity contribution in [1.29, 1.82) is 0 Å². The summed E-state index contributed by atoms with van der Waals surface area (Å²) in [6.07, 6.45) is 3.05. The third-order valence-electron chi connectivity index (χ3n) is 4.49. The summed E-state index contributed by atoms with van der Waals surface area (Å²) in [5.74, 6) is 0.665. The van der Waals surface area contributed by atoms with Gasteiger partial charge in [0.1, 0.15) is 11.4 Å². The maximum absolute atomic E-state index is 12.0. The number of rotatable bonds is 5. The smallest absolute Gasteiger partial charge is 0.408 e. The van der Waals surface area contributed by atoms with Gasteiger partial charge in [-0.1, -0.05) is 23.7 Å². The molecule has 0 aliphatic heterocycles. The van der Waals surface area contributed by atoms with Crippen molar-refractivity contribution in [2.45, 2.75) is 52.2 Å². The summed E-state index contributed by atoms with van der Waals surface area (Å²) in [7, 11) is 0. The Morgan fingerprint density at radius 3 is 2.48 bits per heavy atom. The van der Waals surface area contributed by atoms with Crippen molar-refractivity contribution in [2.24, 2.45) is 5.92 Å². The number of nitrogens with zero attached hydrogens (tertiary/aromatic N) is 1. The molecule has 154 valence electrons. The van der Waals surface area contributed by atoms with E-state index in [2.05, 4.69) is 15.6 Å². The molecule has 0 radical (unpaired) electrons.